The summed E-state index contributed by atoms with van der Waals surface area (Å²) in [5.41, 5.74) is 0. The lowest BCUT2D eigenvalue weighted by molar-refractivity contribution is -0.142. The molecule has 0 amide bonds. The number of halogens is 1. The summed E-state index contributed by atoms with van der Waals surface area (Å²) in [5, 5.41) is 19.0. The van der Waals surface area contributed by atoms with E-state index >= 15 is 0 Å². The standard InChI is InChI=1S/C13H16ClNO5S/c14-9-1-3-11(4-2-9)21(19,20)6-5-15-8-10(16)7-12(15)13(17)18/h1-4,10,12,16H,5-8H2,(H,17,18). The van der Waals surface area contributed by atoms with Crippen molar-refractivity contribution >= 4 is 27.4 Å². The lowest BCUT2D eigenvalue weighted by Gasteiger charge is -2.20. The molecule has 116 valence electrons. The maximum atomic E-state index is 12.2. The minimum absolute atomic E-state index is 0.0684. The lowest BCUT2D eigenvalue weighted by atomic mass is 10.2. The zero-order valence-electron chi connectivity index (χ0n) is 11.1. The molecule has 1 aliphatic heterocycles. The number of hydrogen-bond acceptors (Lipinski definition) is 5. The van der Waals surface area contributed by atoms with Crippen molar-refractivity contribution in [2.45, 2.75) is 23.5 Å². The summed E-state index contributed by atoms with van der Waals surface area (Å²) in [7, 11) is -3.51. The van der Waals surface area contributed by atoms with Crippen LogP contribution in [-0.2, 0) is 14.6 Å². The van der Waals surface area contributed by atoms with Crippen molar-refractivity contribution in [2.75, 3.05) is 18.8 Å². The maximum Gasteiger partial charge on any atom is 0.321 e. The molecule has 8 heteroatoms. The number of β-amino-alcohol motifs (C(OH)–C–C–N with tert-alkyl or cyclic N) is 1. The molecule has 0 aromatic heterocycles. The van der Waals surface area contributed by atoms with E-state index in [1.54, 1.807) is 0 Å². The van der Waals surface area contributed by atoms with Crippen molar-refractivity contribution < 1.29 is 23.4 Å². The van der Waals surface area contributed by atoms with E-state index in [-0.39, 0.29) is 30.2 Å². The third-order valence-electron chi connectivity index (χ3n) is 3.49. The summed E-state index contributed by atoms with van der Waals surface area (Å²) in [6.45, 7) is 0.242. The SMILES string of the molecule is O=C(O)C1CC(O)CN1CCS(=O)(=O)c1ccc(Cl)cc1. The van der Waals surface area contributed by atoms with Crippen LogP contribution < -0.4 is 0 Å². The molecule has 21 heavy (non-hydrogen) atoms. The molecule has 1 saturated heterocycles. The van der Waals surface area contributed by atoms with Gasteiger partial charge in [0.2, 0.25) is 0 Å². The first-order chi connectivity index (χ1) is 9.79. The zero-order valence-corrected chi connectivity index (χ0v) is 12.7. The van der Waals surface area contributed by atoms with Gasteiger partial charge in [-0.1, -0.05) is 11.6 Å². The third-order valence-corrected chi connectivity index (χ3v) is 5.45. The Balaban J connectivity index is 2.04. The van der Waals surface area contributed by atoms with Crippen molar-refractivity contribution in [1.82, 2.24) is 4.90 Å². The number of rotatable bonds is 5. The summed E-state index contributed by atoms with van der Waals surface area (Å²) in [6, 6.07) is 5.00. The number of aliphatic hydroxyl groups is 1. The quantitative estimate of drug-likeness (QED) is 0.821. The summed E-state index contributed by atoms with van der Waals surface area (Å²) in [5.74, 6) is -1.25. The van der Waals surface area contributed by atoms with Gasteiger partial charge in [0.1, 0.15) is 6.04 Å². The maximum absolute atomic E-state index is 12.2. The first kappa shape index (κ1) is 16.2. The number of aliphatic hydroxyl groups excluding tert-OH is 1. The Bertz CT molecular complexity index is 616. The van der Waals surface area contributed by atoms with E-state index in [9.17, 15) is 18.3 Å². The molecule has 2 rings (SSSR count). The van der Waals surface area contributed by atoms with Crippen LogP contribution in [0.2, 0.25) is 5.02 Å². The first-order valence-electron chi connectivity index (χ1n) is 6.43. The summed E-state index contributed by atoms with van der Waals surface area (Å²) >= 11 is 5.72. The molecular weight excluding hydrogens is 318 g/mol. The van der Waals surface area contributed by atoms with Gasteiger partial charge in [0.15, 0.2) is 9.84 Å². The number of benzene rings is 1. The van der Waals surface area contributed by atoms with Crippen LogP contribution >= 0.6 is 11.6 Å². The fraction of sp³-hybridized carbons (Fsp3) is 0.462. The summed E-state index contributed by atoms with van der Waals surface area (Å²) in [6.07, 6.45) is -0.611. The number of sulfone groups is 1. The number of carbonyl (C=O) groups is 1. The van der Waals surface area contributed by atoms with Crippen LogP contribution in [0.4, 0.5) is 0 Å². The van der Waals surface area contributed by atoms with Gasteiger partial charge in [0.05, 0.1) is 16.8 Å². The Kier molecular flexibility index (Phi) is 4.88. The highest BCUT2D eigenvalue weighted by Gasteiger charge is 2.36. The molecule has 0 spiro atoms. The number of hydrogen-bond donors (Lipinski definition) is 2. The molecule has 6 nitrogen and oxygen atoms in total. The van der Waals surface area contributed by atoms with Gasteiger partial charge in [-0.2, -0.15) is 0 Å². The highest BCUT2D eigenvalue weighted by Crippen LogP contribution is 2.20. The molecule has 2 N–H and O–H groups in total. The van der Waals surface area contributed by atoms with Crippen LogP contribution in [0.15, 0.2) is 29.2 Å². The van der Waals surface area contributed by atoms with Crippen LogP contribution in [0.25, 0.3) is 0 Å². The van der Waals surface area contributed by atoms with Gasteiger partial charge in [0, 0.05) is 24.5 Å². The molecule has 0 aliphatic carbocycles. The fourth-order valence-corrected chi connectivity index (χ4v) is 3.77. The molecule has 1 aromatic carbocycles. The highest BCUT2D eigenvalue weighted by molar-refractivity contribution is 7.91. The van der Waals surface area contributed by atoms with Gasteiger partial charge in [-0.25, -0.2) is 8.42 Å². The van der Waals surface area contributed by atoms with Gasteiger partial charge < -0.3 is 10.2 Å². The Morgan fingerprint density at radius 1 is 1.33 bits per heavy atom. The minimum atomic E-state index is -3.51. The zero-order chi connectivity index (χ0) is 15.6. The number of carboxylic acid groups (broad SMARTS) is 1. The van der Waals surface area contributed by atoms with E-state index < -0.39 is 28.0 Å². The van der Waals surface area contributed by atoms with Crippen LogP contribution in [0.1, 0.15) is 6.42 Å². The van der Waals surface area contributed by atoms with Crippen LogP contribution in [-0.4, -0.2) is 60.5 Å². The second-order valence-corrected chi connectivity index (χ2v) is 7.56. The average Bonchev–Trinajstić information content (AvgIpc) is 2.79. The Labute approximate surface area is 127 Å². The predicted octanol–water partition coefficient (Wildman–Crippen LogP) is 0.634. The fourth-order valence-electron chi connectivity index (χ4n) is 2.38. The minimum Gasteiger partial charge on any atom is -0.480 e. The van der Waals surface area contributed by atoms with Crippen molar-refractivity contribution in [1.29, 1.82) is 0 Å². The first-order valence-corrected chi connectivity index (χ1v) is 8.46. The number of aliphatic carboxylic acids is 1. The number of carboxylic acids is 1. The average molecular weight is 334 g/mol. The van der Waals surface area contributed by atoms with Gasteiger partial charge in [-0.15, -0.1) is 0 Å². The van der Waals surface area contributed by atoms with E-state index in [2.05, 4.69) is 0 Å². The molecule has 1 aromatic rings. The molecule has 2 atom stereocenters. The van der Waals surface area contributed by atoms with Crippen LogP contribution in [0.3, 0.4) is 0 Å². The molecule has 0 bridgehead atoms. The Morgan fingerprint density at radius 2 is 1.95 bits per heavy atom. The summed E-state index contributed by atoms with van der Waals surface area (Å²) < 4.78 is 24.4. The van der Waals surface area contributed by atoms with Crippen molar-refractivity contribution in [2.24, 2.45) is 0 Å². The third kappa shape index (κ3) is 3.94. The second kappa shape index (κ2) is 6.31. The molecular formula is C13H16ClNO5S. The van der Waals surface area contributed by atoms with Crippen molar-refractivity contribution in [3.05, 3.63) is 29.3 Å². The Hall–Kier alpha value is -1.15. The van der Waals surface area contributed by atoms with E-state index in [1.807, 2.05) is 0 Å². The Morgan fingerprint density at radius 3 is 2.52 bits per heavy atom. The molecule has 0 radical (unpaired) electrons. The highest BCUT2D eigenvalue weighted by atomic mass is 35.5. The van der Waals surface area contributed by atoms with Crippen LogP contribution in [0, 0.1) is 0 Å². The van der Waals surface area contributed by atoms with Gasteiger partial charge in [-0.05, 0) is 24.3 Å². The van der Waals surface area contributed by atoms with Crippen molar-refractivity contribution in [3.8, 4) is 0 Å². The predicted molar refractivity (Wildman–Crippen MR) is 77.1 cm³/mol. The van der Waals surface area contributed by atoms with Gasteiger partial charge >= 0.3 is 5.97 Å². The number of nitrogens with zero attached hydrogens (tertiary/aromatic N) is 1. The topological polar surface area (TPSA) is 94.9 Å². The van der Waals surface area contributed by atoms with Gasteiger partial charge in [-0.3, -0.25) is 9.69 Å². The van der Waals surface area contributed by atoms with E-state index in [4.69, 9.17) is 16.7 Å². The largest absolute Gasteiger partial charge is 0.480 e. The summed E-state index contributed by atoms with van der Waals surface area (Å²) in [4.78, 5) is 12.7. The molecule has 2 unspecified atom stereocenters. The van der Waals surface area contributed by atoms with Crippen molar-refractivity contribution in [3.63, 3.8) is 0 Å². The molecule has 1 fully saturated rings. The van der Waals surface area contributed by atoms with Crippen LogP contribution in [0.5, 0.6) is 0 Å². The van der Waals surface area contributed by atoms with Gasteiger partial charge in [0.25, 0.3) is 0 Å². The number of likely N-dealkylation sites (tertiary alicyclic amines) is 1. The molecule has 1 aliphatic rings. The van der Waals surface area contributed by atoms with E-state index in [0.29, 0.717) is 5.02 Å². The normalized spacial score (nSPS) is 23.3. The monoisotopic (exact) mass is 333 g/mol. The van der Waals surface area contributed by atoms with E-state index in [0.717, 1.165) is 0 Å². The van der Waals surface area contributed by atoms with E-state index in [1.165, 1.54) is 29.2 Å². The second-order valence-electron chi connectivity index (χ2n) is 5.01. The lowest BCUT2D eigenvalue weighted by Crippen LogP contribution is -2.38. The smallest absolute Gasteiger partial charge is 0.321 e. The molecule has 0 saturated carbocycles. The molecule has 1 heterocycles.